The summed E-state index contributed by atoms with van der Waals surface area (Å²) in [5.74, 6) is 0. The molecule has 0 atom stereocenters. The summed E-state index contributed by atoms with van der Waals surface area (Å²) in [6, 6.07) is 0. The Bertz CT molecular complexity index is 8.00. The summed E-state index contributed by atoms with van der Waals surface area (Å²) in [6.45, 7) is 0. The third kappa shape index (κ3) is 9.19. The molecular weight excluding hydrogens is 403 g/mol. The summed E-state index contributed by atoms with van der Waals surface area (Å²) in [6.07, 6.45) is 0. The summed E-state index contributed by atoms with van der Waals surface area (Å²) >= 11 is 0. The van der Waals surface area contributed by atoms with Gasteiger partial charge in [-0.2, -0.15) is 0 Å². The van der Waals surface area contributed by atoms with Crippen LogP contribution in [0.4, 0.5) is 0 Å². The first kappa shape index (κ1) is 25.3. The zero-order valence-corrected chi connectivity index (χ0v) is 12.8. The van der Waals surface area contributed by atoms with Crippen molar-refractivity contribution in [1.29, 1.82) is 0 Å². The van der Waals surface area contributed by atoms with Crippen LogP contribution < -0.4 is 0 Å². The molecule has 0 aliphatic rings. The van der Waals surface area contributed by atoms with Crippen LogP contribution in [0.1, 0.15) is 0 Å². The maximum absolute atomic E-state index is 0. The van der Waals surface area contributed by atoms with Crippen molar-refractivity contribution in [3.63, 3.8) is 0 Å². The largest absolute Gasteiger partial charge is 0 e. The van der Waals surface area contributed by atoms with Gasteiger partial charge in [-0.1, -0.05) is 0 Å². The average Bonchev–Trinajstić information content (AvgIpc) is 0. The van der Waals surface area contributed by atoms with Gasteiger partial charge in [-0.15, -0.1) is 0 Å². The van der Waals surface area contributed by atoms with Gasteiger partial charge in [0.1, 0.15) is 0 Å². The van der Waals surface area contributed by atoms with Crippen LogP contribution in [0.25, 0.3) is 0 Å². The topological polar surface area (TPSA) is 0 Å². The van der Waals surface area contributed by atoms with Gasteiger partial charge in [0, 0.05) is 113 Å². The average molecular weight is 403 g/mol. The van der Waals surface area contributed by atoms with Crippen LogP contribution in [0.5, 0.6) is 0 Å². The maximum Gasteiger partial charge on any atom is 0 e. The van der Waals surface area contributed by atoms with E-state index in [4.69, 9.17) is 0 Å². The minimum Gasteiger partial charge on any atom is 0 e. The first-order chi connectivity index (χ1) is 0. The van der Waals surface area contributed by atoms with Crippen LogP contribution in [-0.2, 0) is 36.0 Å². The molecule has 0 aromatic heterocycles. The molecule has 0 saturated heterocycles. The summed E-state index contributed by atoms with van der Waals surface area (Å²) in [5, 5.41) is 0. The second-order valence-electron chi connectivity index (χ2n) is 0. The Kier molecular flexibility index (Phi) is 101. The van der Waals surface area contributed by atoms with Crippen molar-refractivity contribution in [2.75, 3.05) is 0 Å². The SMILES string of the molecule is [Ce].[La].[Ni].[Zn]. The quantitative estimate of drug-likeness (QED) is 0.500. The number of hydrogen-bond acceptors (Lipinski definition) is 0. The molecule has 0 heterocycles. The zero-order valence-electron chi connectivity index (χ0n) is 2.10. The predicted octanol–water partition coefficient (Wildman–Crippen LogP) is -0.00500. The molecule has 4 heteroatoms. The van der Waals surface area contributed by atoms with Crippen LogP contribution >= 0.6 is 0 Å². The third-order valence-electron chi connectivity index (χ3n) is 0. The van der Waals surface area contributed by atoms with Gasteiger partial charge in [0.15, 0.2) is 0 Å². The molecule has 0 aromatic carbocycles. The second kappa shape index (κ2) is 15.9. The summed E-state index contributed by atoms with van der Waals surface area (Å²) in [5.41, 5.74) is 0. The fraction of sp³-hybridized carbons (Fsp3) is 0. The van der Waals surface area contributed by atoms with Crippen LogP contribution in [-0.4, -0.2) is 0 Å². The molecule has 1 radical (unpaired) electrons. The van der Waals surface area contributed by atoms with Gasteiger partial charge in [0.25, 0.3) is 0 Å². The molecule has 0 aliphatic carbocycles. The third-order valence-corrected chi connectivity index (χ3v) is 0. The van der Waals surface area contributed by atoms with Gasteiger partial charge in [-0.3, -0.25) is 0 Å². The number of hydrogen-bond donors (Lipinski definition) is 0. The van der Waals surface area contributed by atoms with Crippen LogP contribution in [0.15, 0.2) is 0 Å². The molecule has 0 fully saturated rings. The zero-order chi connectivity index (χ0) is 0. The Morgan fingerprint density at radius 1 is 1.00 bits per heavy atom. The predicted molar refractivity (Wildman–Crippen MR) is 0 cm³/mol. The number of rotatable bonds is 0. The van der Waals surface area contributed by atoms with Gasteiger partial charge >= 0.3 is 0 Å². The molecule has 0 nitrogen and oxygen atoms in total. The monoisotopic (exact) mass is 401 g/mol. The molecule has 0 spiro atoms. The second-order valence-corrected chi connectivity index (χ2v) is 0. The smallest absolute Gasteiger partial charge is 0 e. The van der Waals surface area contributed by atoms with Crippen molar-refractivity contribution in [3.05, 3.63) is 0 Å². The molecule has 19 valence electrons. The maximum atomic E-state index is 0. The Morgan fingerprint density at radius 2 is 1.00 bits per heavy atom. The summed E-state index contributed by atoms with van der Waals surface area (Å²) in [4.78, 5) is 0. The Balaban J connectivity index is 0. The van der Waals surface area contributed by atoms with Gasteiger partial charge in [-0.05, 0) is 0 Å². The van der Waals surface area contributed by atoms with E-state index >= 15 is 0 Å². The van der Waals surface area contributed by atoms with E-state index in [2.05, 4.69) is 0 Å². The molecule has 0 N–H and O–H groups in total. The van der Waals surface area contributed by atoms with E-state index in [0.29, 0.717) is 0 Å². The van der Waals surface area contributed by atoms with Crippen LogP contribution in [0, 0.1) is 77.3 Å². The van der Waals surface area contributed by atoms with Gasteiger partial charge in [-0.25, -0.2) is 0 Å². The van der Waals surface area contributed by atoms with Crippen molar-refractivity contribution >= 4 is 0 Å². The fourth-order valence-electron chi connectivity index (χ4n) is 0. The summed E-state index contributed by atoms with van der Waals surface area (Å²) < 4.78 is 0. The fourth-order valence-corrected chi connectivity index (χ4v) is 0. The minimum atomic E-state index is 0. The Morgan fingerprint density at radius 3 is 1.00 bits per heavy atom. The van der Waals surface area contributed by atoms with Crippen LogP contribution in [0.2, 0.25) is 0 Å². The van der Waals surface area contributed by atoms with Crippen LogP contribution in [0.3, 0.4) is 0 Å². The van der Waals surface area contributed by atoms with E-state index < -0.39 is 0 Å². The molecule has 0 amide bonds. The summed E-state index contributed by atoms with van der Waals surface area (Å²) in [7, 11) is 0. The molecule has 0 rings (SSSR count). The van der Waals surface area contributed by atoms with E-state index in [0.717, 1.165) is 0 Å². The molecule has 0 aromatic rings. The van der Waals surface area contributed by atoms with E-state index in [1.54, 1.807) is 0 Å². The van der Waals surface area contributed by atoms with E-state index in [1.165, 1.54) is 0 Å². The standard InChI is InChI=1S/Ce.La.Ni.Zn. The van der Waals surface area contributed by atoms with E-state index in [9.17, 15) is 0 Å². The van der Waals surface area contributed by atoms with Gasteiger partial charge in [0.05, 0.1) is 0 Å². The molecule has 0 unspecified atom stereocenters. The molecular formula is CeLaNiZn. The van der Waals surface area contributed by atoms with Gasteiger partial charge in [0.2, 0.25) is 0 Å². The van der Waals surface area contributed by atoms with Crippen molar-refractivity contribution in [2.45, 2.75) is 0 Å². The normalized spacial score (nSPS) is 0. The van der Waals surface area contributed by atoms with Crippen molar-refractivity contribution < 1.29 is 113 Å². The molecule has 0 bridgehead atoms. The van der Waals surface area contributed by atoms with Crippen molar-refractivity contribution in [1.82, 2.24) is 0 Å². The first-order valence-corrected chi connectivity index (χ1v) is 0. The molecule has 0 aliphatic heterocycles. The Hall–Kier alpha value is 3.69. The van der Waals surface area contributed by atoms with Crippen molar-refractivity contribution in [2.24, 2.45) is 0 Å². The Labute approximate surface area is 110 Å². The van der Waals surface area contributed by atoms with E-state index in [1.807, 2.05) is 0 Å². The van der Waals surface area contributed by atoms with E-state index in [-0.39, 0.29) is 113 Å². The minimum absolute atomic E-state index is 0. The van der Waals surface area contributed by atoms with Gasteiger partial charge < -0.3 is 0 Å². The first-order valence-electron chi connectivity index (χ1n) is 0. The molecule has 0 saturated carbocycles. The van der Waals surface area contributed by atoms with Crippen molar-refractivity contribution in [3.8, 4) is 0 Å². The molecule has 4 heavy (non-hydrogen) atoms.